The second kappa shape index (κ2) is 5.80. The van der Waals surface area contributed by atoms with Crippen LogP contribution in [0.3, 0.4) is 0 Å². The zero-order chi connectivity index (χ0) is 10.2. The predicted molar refractivity (Wildman–Crippen MR) is 55.7 cm³/mol. The first kappa shape index (κ1) is 10.3. The average Bonchev–Trinajstić information content (AvgIpc) is 2.21. The molecule has 3 heteroatoms. The monoisotopic (exact) mass is 187 g/mol. The van der Waals surface area contributed by atoms with Crippen molar-refractivity contribution in [3.63, 3.8) is 0 Å². The molecule has 0 aromatic carbocycles. The van der Waals surface area contributed by atoms with Crippen molar-refractivity contribution in [1.82, 2.24) is 15.0 Å². The number of hydrogen-bond acceptors (Lipinski definition) is 3. The molecule has 2 aromatic rings. The number of aryl methyl sites for hydroxylation is 2. The molecule has 0 bridgehead atoms. The molecule has 0 aliphatic rings. The maximum Gasteiger partial charge on any atom is 0.125 e. The Balaban J connectivity index is 0.000000140. The molecule has 2 heterocycles. The van der Waals surface area contributed by atoms with Crippen molar-refractivity contribution in [3.05, 3.63) is 54.4 Å². The van der Waals surface area contributed by atoms with Gasteiger partial charge in [-0.05, 0) is 37.6 Å². The standard InChI is InChI=1S/C6H7N.C5H6N2/c1-6-2-4-7-5-3-6;1-5-6-3-2-4-7-5/h2-5H,1H3;2-4H,1H3. The summed E-state index contributed by atoms with van der Waals surface area (Å²) in [5.41, 5.74) is 1.26. The highest BCUT2D eigenvalue weighted by atomic mass is 14.8. The Kier molecular flexibility index (Phi) is 4.27. The fourth-order valence-electron chi connectivity index (χ4n) is 0.800. The highest BCUT2D eigenvalue weighted by molar-refractivity contribution is 5.05. The van der Waals surface area contributed by atoms with Crippen molar-refractivity contribution in [1.29, 1.82) is 0 Å². The summed E-state index contributed by atoms with van der Waals surface area (Å²) in [6, 6.07) is 5.74. The lowest BCUT2D eigenvalue weighted by Crippen LogP contribution is -1.80. The van der Waals surface area contributed by atoms with Crippen molar-refractivity contribution in [3.8, 4) is 0 Å². The summed E-state index contributed by atoms with van der Waals surface area (Å²) < 4.78 is 0. The van der Waals surface area contributed by atoms with Gasteiger partial charge in [-0.3, -0.25) is 4.98 Å². The molecule has 2 rings (SSSR count). The normalized spacial score (nSPS) is 8.71. The summed E-state index contributed by atoms with van der Waals surface area (Å²) in [7, 11) is 0. The van der Waals surface area contributed by atoms with Crippen molar-refractivity contribution in [2.24, 2.45) is 0 Å². The van der Waals surface area contributed by atoms with Crippen LogP contribution in [0.1, 0.15) is 11.4 Å². The SMILES string of the molecule is Cc1ccncc1.Cc1ncccn1. The van der Waals surface area contributed by atoms with E-state index >= 15 is 0 Å². The van der Waals surface area contributed by atoms with Crippen molar-refractivity contribution in [2.45, 2.75) is 13.8 Å². The second-order valence-corrected chi connectivity index (χ2v) is 2.82. The fourth-order valence-corrected chi connectivity index (χ4v) is 0.800. The lowest BCUT2D eigenvalue weighted by molar-refractivity contribution is 1.05. The van der Waals surface area contributed by atoms with Gasteiger partial charge in [0.15, 0.2) is 0 Å². The summed E-state index contributed by atoms with van der Waals surface area (Å²) in [4.78, 5) is 11.6. The molecule has 2 aromatic heterocycles. The van der Waals surface area contributed by atoms with E-state index in [1.807, 2.05) is 26.0 Å². The van der Waals surface area contributed by atoms with E-state index in [4.69, 9.17) is 0 Å². The predicted octanol–water partition coefficient (Wildman–Crippen LogP) is 2.18. The molecule has 0 amide bonds. The lowest BCUT2D eigenvalue weighted by atomic mass is 10.3. The van der Waals surface area contributed by atoms with E-state index in [1.54, 1.807) is 30.9 Å². The van der Waals surface area contributed by atoms with Crippen LogP contribution in [0.25, 0.3) is 0 Å². The molecular weight excluding hydrogens is 174 g/mol. The summed E-state index contributed by atoms with van der Waals surface area (Å²) in [6.45, 7) is 3.90. The second-order valence-electron chi connectivity index (χ2n) is 2.82. The van der Waals surface area contributed by atoms with Crippen LogP contribution in [0.4, 0.5) is 0 Å². The number of rotatable bonds is 0. The first-order valence-electron chi connectivity index (χ1n) is 4.39. The number of pyridine rings is 1. The molecule has 3 nitrogen and oxygen atoms in total. The third-order valence-electron chi connectivity index (χ3n) is 1.54. The van der Waals surface area contributed by atoms with Crippen LogP contribution in [-0.4, -0.2) is 15.0 Å². The van der Waals surface area contributed by atoms with Crippen LogP contribution in [0.15, 0.2) is 43.0 Å². The van der Waals surface area contributed by atoms with Gasteiger partial charge in [0, 0.05) is 24.8 Å². The minimum absolute atomic E-state index is 0.822. The zero-order valence-corrected chi connectivity index (χ0v) is 8.38. The smallest absolute Gasteiger partial charge is 0.125 e. The van der Waals surface area contributed by atoms with E-state index in [0.29, 0.717) is 0 Å². The molecule has 72 valence electrons. The molecule has 0 spiro atoms. The Morgan fingerprint density at radius 3 is 1.71 bits per heavy atom. The highest BCUT2D eigenvalue weighted by Gasteiger charge is 1.74. The van der Waals surface area contributed by atoms with Crippen LogP contribution < -0.4 is 0 Å². The van der Waals surface area contributed by atoms with E-state index in [9.17, 15) is 0 Å². The quantitative estimate of drug-likeness (QED) is 0.634. The van der Waals surface area contributed by atoms with Gasteiger partial charge in [0.05, 0.1) is 0 Å². The van der Waals surface area contributed by atoms with Gasteiger partial charge in [-0.15, -0.1) is 0 Å². The van der Waals surface area contributed by atoms with Gasteiger partial charge in [-0.25, -0.2) is 9.97 Å². The molecule has 0 aliphatic carbocycles. The third-order valence-corrected chi connectivity index (χ3v) is 1.54. The number of aromatic nitrogens is 3. The van der Waals surface area contributed by atoms with Crippen LogP contribution in [0.5, 0.6) is 0 Å². The van der Waals surface area contributed by atoms with Crippen molar-refractivity contribution >= 4 is 0 Å². The highest BCUT2D eigenvalue weighted by Crippen LogP contribution is 1.88. The Hall–Kier alpha value is -1.77. The summed E-state index contributed by atoms with van der Waals surface area (Å²) in [5, 5.41) is 0. The van der Waals surface area contributed by atoms with Gasteiger partial charge in [-0.1, -0.05) is 0 Å². The summed E-state index contributed by atoms with van der Waals surface area (Å²) in [5.74, 6) is 0.822. The Morgan fingerprint density at radius 1 is 0.857 bits per heavy atom. The lowest BCUT2D eigenvalue weighted by Gasteiger charge is -1.82. The molecular formula is C11H13N3. The third kappa shape index (κ3) is 4.30. The van der Waals surface area contributed by atoms with Crippen molar-refractivity contribution in [2.75, 3.05) is 0 Å². The minimum atomic E-state index is 0.822. The largest absolute Gasteiger partial charge is 0.265 e. The summed E-state index contributed by atoms with van der Waals surface area (Å²) >= 11 is 0. The van der Waals surface area contributed by atoms with Gasteiger partial charge in [0.25, 0.3) is 0 Å². The van der Waals surface area contributed by atoms with Crippen LogP contribution in [0.2, 0.25) is 0 Å². The molecule has 0 radical (unpaired) electrons. The number of nitrogens with zero attached hydrogens (tertiary/aromatic N) is 3. The Morgan fingerprint density at radius 2 is 1.43 bits per heavy atom. The maximum atomic E-state index is 3.87. The van der Waals surface area contributed by atoms with Gasteiger partial charge in [0.2, 0.25) is 0 Å². The van der Waals surface area contributed by atoms with Crippen LogP contribution in [-0.2, 0) is 0 Å². The molecule has 0 atom stereocenters. The van der Waals surface area contributed by atoms with E-state index in [-0.39, 0.29) is 0 Å². The molecule has 0 N–H and O–H groups in total. The molecule has 0 saturated heterocycles. The first-order valence-corrected chi connectivity index (χ1v) is 4.39. The topological polar surface area (TPSA) is 38.7 Å². The molecule has 0 aliphatic heterocycles. The fraction of sp³-hybridized carbons (Fsp3) is 0.182. The van der Waals surface area contributed by atoms with Crippen LogP contribution in [0, 0.1) is 13.8 Å². The Labute approximate surface area is 83.9 Å². The van der Waals surface area contributed by atoms with E-state index in [1.165, 1.54) is 5.56 Å². The molecule has 0 unspecified atom stereocenters. The van der Waals surface area contributed by atoms with Gasteiger partial charge in [0.1, 0.15) is 5.82 Å². The van der Waals surface area contributed by atoms with E-state index in [2.05, 4.69) is 15.0 Å². The summed E-state index contributed by atoms with van der Waals surface area (Å²) in [6.07, 6.45) is 7.02. The van der Waals surface area contributed by atoms with Crippen molar-refractivity contribution < 1.29 is 0 Å². The van der Waals surface area contributed by atoms with Gasteiger partial charge in [-0.2, -0.15) is 0 Å². The molecule has 0 saturated carbocycles. The first-order chi connectivity index (χ1) is 6.79. The van der Waals surface area contributed by atoms with E-state index < -0.39 is 0 Å². The molecule has 14 heavy (non-hydrogen) atoms. The average molecular weight is 187 g/mol. The zero-order valence-electron chi connectivity index (χ0n) is 8.38. The van der Waals surface area contributed by atoms with Gasteiger partial charge >= 0.3 is 0 Å². The van der Waals surface area contributed by atoms with Gasteiger partial charge < -0.3 is 0 Å². The number of hydrogen-bond donors (Lipinski definition) is 0. The maximum absolute atomic E-state index is 3.87. The molecule has 0 fully saturated rings. The van der Waals surface area contributed by atoms with E-state index in [0.717, 1.165) is 5.82 Å². The minimum Gasteiger partial charge on any atom is -0.265 e. The Bertz CT molecular complexity index is 308. The van der Waals surface area contributed by atoms with Crippen LogP contribution >= 0.6 is 0 Å².